The fourth-order valence-corrected chi connectivity index (χ4v) is 2.89. The summed E-state index contributed by atoms with van der Waals surface area (Å²) in [7, 11) is 0. The molecule has 0 fully saturated rings. The molecule has 0 saturated heterocycles. The largest absolute Gasteiger partial charge is 0.392 e. The molecule has 2 heteroatoms. The van der Waals surface area contributed by atoms with Crippen molar-refractivity contribution in [2.75, 3.05) is 0 Å². The van der Waals surface area contributed by atoms with E-state index in [2.05, 4.69) is 13.0 Å². The van der Waals surface area contributed by atoms with Crippen molar-refractivity contribution in [1.29, 1.82) is 0 Å². The van der Waals surface area contributed by atoms with Crippen molar-refractivity contribution in [3.05, 3.63) is 48.0 Å². The Kier molecular flexibility index (Phi) is 3.60. The molecule has 2 nitrogen and oxygen atoms in total. The third-order valence-corrected chi connectivity index (χ3v) is 3.92. The Balaban J connectivity index is 2.34. The molecule has 0 saturated carbocycles. The highest BCUT2D eigenvalue weighted by atomic mass is 16.3. The van der Waals surface area contributed by atoms with Crippen LogP contribution in [0.4, 0.5) is 0 Å². The number of aliphatic hydroxyl groups is 2. The van der Waals surface area contributed by atoms with E-state index in [9.17, 15) is 10.2 Å². The van der Waals surface area contributed by atoms with Crippen molar-refractivity contribution in [1.82, 2.24) is 0 Å². The van der Waals surface area contributed by atoms with Crippen LogP contribution in [0, 0.1) is 11.8 Å². The van der Waals surface area contributed by atoms with Crippen molar-refractivity contribution >= 4 is 0 Å². The molecule has 1 aliphatic carbocycles. The van der Waals surface area contributed by atoms with E-state index in [-0.39, 0.29) is 17.8 Å². The molecule has 1 aromatic rings. The van der Waals surface area contributed by atoms with E-state index in [4.69, 9.17) is 0 Å². The van der Waals surface area contributed by atoms with E-state index in [1.165, 1.54) is 0 Å². The van der Waals surface area contributed by atoms with E-state index in [1.807, 2.05) is 36.4 Å². The number of hydrogen-bond acceptors (Lipinski definition) is 2. The van der Waals surface area contributed by atoms with Gasteiger partial charge in [0, 0.05) is 11.8 Å². The Morgan fingerprint density at radius 1 is 1.06 bits per heavy atom. The maximum absolute atomic E-state index is 10.6. The van der Waals surface area contributed by atoms with Gasteiger partial charge in [-0.15, -0.1) is 0 Å². The van der Waals surface area contributed by atoms with Crippen molar-refractivity contribution in [3.8, 4) is 0 Å². The van der Waals surface area contributed by atoms with Gasteiger partial charge >= 0.3 is 0 Å². The molecule has 0 amide bonds. The summed E-state index contributed by atoms with van der Waals surface area (Å²) in [6.07, 6.45) is 3.51. The zero-order chi connectivity index (χ0) is 13.3. The zero-order valence-corrected chi connectivity index (χ0v) is 11.2. The van der Waals surface area contributed by atoms with Crippen molar-refractivity contribution in [3.63, 3.8) is 0 Å². The highest BCUT2D eigenvalue weighted by Gasteiger charge is 2.40. The van der Waals surface area contributed by atoms with E-state index in [0.717, 1.165) is 5.56 Å². The summed E-state index contributed by atoms with van der Waals surface area (Å²) in [4.78, 5) is 0. The van der Waals surface area contributed by atoms with Gasteiger partial charge in [0.1, 0.15) is 0 Å². The predicted octanol–water partition coefficient (Wildman–Crippen LogP) is 2.72. The zero-order valence-electron chi connectivity index (χ0n) is 11.2. The Hall–Kier alpha value is -1.12. The van der Waals surface area contributed by atoms with Crippen LogP contribution in [-0.4, -0.2) is 21.9 Å². The quantitative estimate of drug-likeness (QED) is 0.788. The molecule has 18 heavy (non-hydrogen) atoms. The molecule has 4 atom stereocenters. The minimum Gasteiger partial charge on any atom is -0.392 e. The fourth-order valence-electron chi connectivity index (χ4n) is 2.89. The Labute approximate surface area is 109 Å². The maximum Gasteiger partial charge on any atom is 0.0704 e. The van der Waals surface area contributed by atoms with Gasteiger partial charge in [-0.1, -0.05) is 49.4 Å². The second-order valence-electron chi connectivity index (χ2n) is 5.85. The van der Waals surface area contributed by atoms with Crippen LogP contribution in [0.25, 0.3) is 0 Å². The molecule has 0 heterocycles. The average Bonchev–Trinajstić information content (AvgIpc) is 2.28. The lowest BCUT2D eigenvalue weighted by atomic mass is 9.69. The smallest absolute Gasteiger partial charge is 0.0704 e. The van der Waals surface area contributed by atoms with E-state index in [0.29, 0.717) is 0 Å². The van der Waals surface area contributed by atoms with Crippen LogP contribution in [-0.2, 0) is 0 Å². The summed E-state index contributed by atoms with van der Waals surface area (Å²) in [6.45, 7) is 5.62. The summed E-state index contributed by atoms with van der Waals surface area (Å²) in [5, 5.41) is 20.7. The highest BCUT2D eigenvalue weighted by Crippen LogP contribution is 2.40. The van der Waals surface area contributed by atoms with Crippen LogP contribution >= 0.6 is 0 Å². The highest BCUT2D eigenvalue weighted by molar-refractivity contribution is 5.26. The van der Waals surface area contributed by atoms with Crippen LogP contribution < -0.4 is 0 Å². The second kappa shape index (κ2) is 4.87. The van der Waals surface area contributed by atoms with Gasteiger partial charge in [-0.2, -0.15) is 0 Å². The van der Waals surface area contributed by atoms with Crippen LogP contribution in [0.2, 0.25) is 0 Å². The lowest BCUT2D eigenvalue weighted by molar-refractivity contribution is -0.0423. The minimum absolute atomic E-state index is 0.0487. The number of benzene rings is 1. The topological polar surface area (TPSA) is 40.5 Å². The van der Waals surface area contributed by atoms with Crippen LogP contribution in [0.1, 0.15) is 32.3 Å². The third-order valence-electron chi connectivity index (χ3n) is 3.92. The molecule has 98 valence electrons. The Morgan fingerprint density at radius 2 is 1.67 bits per heavy atom. The van der Waals surface area contributed by atoms with Crippen LogP contribution in [0.5, 0.6) is 0 Å². The maximum atomic E-state index is 10.6. The Bertz CT molecular complexity index is 416. The summed E-state index contributed by atoms with van der Waals surface area (Å²) in [5.74, 6) is 0.104. The van der Waals surface area contributed by atoms with E-state index >= 15 is 0 Å². The summed E-state index contributed by atoms with van der Waals surface area (Å²) < 4.78 is 0. The van der Waals surface area contributed by atoms with Crippen molar-refractivity contribution in [2.45, 2.75) is 38.4 Å². The SMILES string of the molecule is C[C@@H]1C=C[C@H](C(C)(C)O)[C@@H](O)[C@@H]1c1ccccc1. The van der Waals surface area contributed by atoms with Gasteiger partial charge in [0.15, 0.2) is 0 Å². The third kappa shape index (κ3) is 2.50. The molecule has 0 unspecified atom stereocenters. The standard InChI is InChI=1S/C16H22O2/c1-11-9-10-13(16(2,3)18)15(17)14(11)12-7-5-4-6-8-12/h4-11,13-15,17-18H,1-3H3/t11-,13+,14+,15-/m1/s1. The first kappa shape index (κ1) is 13.3. The first-order valence-corrected chi connectivity index (χ1v) is 6.55. The van der Waals surface area contributed by atoms with Gasteiger partial charge in [-0.3, -0.25) is 0 Å². The molecular formula is C16H22O2. The number of allylic oxidation sites excluding steroid dienone is 1. The fraction of sp³-hybridized carbons (Fsp3) is 0.500. The molecule has 1 aromatic carbocycles. The van der Waals surface area contributed by atoms with E-state index in [1.54, 1.807) is 13.8 Å². The van der Waals surface area contributed by atoms with Crippen molar-refractivity contribution < 1.29 is 10.2 Å². The van der Waals surface area contributed by atoms with Gasteiger partial charge in [0.2, 0.25) is 0 Å². The first-order chi connectivity index (χ1) is 8.41. The summed E-state index contributed by atoms with van der Waals surface area (Å²) >= 11 is 0. The van der Waals surface area contributed by atoms with Crippen LogP contribution in [0.15, 0.2) is 42.5 Å². The van der Waals surface area contributed by atoms with Gasteiger partial charge in [-0.05, 0) is 25.3 Å². The van der Waals surface area contributed by atoms with Gasteiger partial charge < -0.3 is 10.2 Å². The molecule has 0 radical (unpaired) electrons. The van der Waals surface area contributed by atoms with Gasteiger partial charge in [0.05, 0.1) is 11.7 Å². The molecule has 0 aliphatic heterocycles. The van der Waals surface area contributed by atoms with Gasteiger partial charge in [-0.25, -0.2) is 0 Å². The molecule has 0 aromatic heterocycles. The first-order valence-electron chi connectivity index (χ1n) is 6.55. The summed E-state index contributed by atoms with van der Waals surface area (Å²) in [6, 6.07) is 10.1. The van der Waals surface area contributed by atoms with Gasteiger partial charge in [0.25, 0.3) is 0 Å². The summed E-state index contributed by atoms with van der Waals surface area (Å²) in [5.41, 5.74) is 0.236. The molecule has 2 rings (SSSR count). The molecule has 1 aliphatic rings. The monoisotopic (exact) mass is 246 g/mol. The number of hydrogen-bond donors (Lipinski definition) is 2. The normalized spacial score (nSPS) is 32.5. The second-order valence-corrected chi connectivity index (χ2v) is 5.85. The lowest BCUT2D eigenvalue weighted by Gasteiger charge is -2.40. The lowest BCUT2D eigenvalue weighted by Crippen LogP contribution is -2.44. The molecule has 2 N–H and O–H groups in total. The van der Waals surface area contributed by atoms with Crippen molar-refractivity contribution in [2.24, 2.45) is 11.8 Å². The molecular weight excluding hydrogens is 224 g/mol. The minimum atomic E-state index is -0.900. The predicted molar refractivity (Wildman–Crippen MR) is 73.3 cm³/mol. The molecule has 0 spiro atoms. The average molecular weight is 246 g/mol. The number of aliphatic hydroxyl groups excluding tert-OH is 1. The Morgan fingerprint density at radius 3 is 2.22 bits per heavy atom. The van der Waals surface area contributed by atoms with Crippen LogP contribution in [0.3, 0.4) is 0 Å². The number of rotatable bonds is 2. The molecule has 0 bridgehead atoms. The van der Waals surface area contributed by atoms with E-state index < -0.39 is 11.7 Å².